The standard InChI is InChI=1S/C7H14INO2/c1-11-5-7(10)6-3-2-4-9(6)8/h6-7,10H,2-5H2,1H3. The van der Waals surface area contributed by atoms with Gasteiger partial charge in [-0.2, -0.15) is 0 Å². The maximum atomic E-state index is 9.55. The van der Waals surface area contributed by atoms with E-state index in [4.69, 9.17) is 4.74 Å². The third-order valence-electron chi connectivity index (χ3n) is 2.01. The lowest BCUT2D eigenvalue weighted by Crippen LogP contribution is -2.35. The number of rotatable bonds is 3. The van der Waals surface area contributed by atoms with Gasteiger partial charge in [-0.3, -0.25) is 0 Å². The van der Waals surface area contributed by atoms with E-state index in [1.54, 1.807) is 7.11 Å². The van der Waals surface area contributed by atoms with Crippen molar-refractivity contribution in [1.29, 1.82) is 0 Å². The zero-order valence-corrected chi connectivity index (χ0v) is 8.82. The molecule has 0 spiro atoms. The van der Waals surface area contributed by atoms with Crippen molar-refractivity contribution >= 4 is 22.9 Å². The minimum atomic E-state index is -0.320. The largest absolute Gasteiger partial charge is 0.389 e. The van der Waals surface area contributed by atoms with Crippen LogP contribution in [0, 0.1) is 0 Å². The molecule has 0 saturated carbocycles. The van der Waals surface area contributed by atoms with Gasteiger partial charge in [0, 0.05) is 42.6 Å². The van der Waals surface area contributed by atoms with Crippen molar-refractivity contribution in [2.24, 2.45) is 0 Å². The van der Waals surface area contributed by atoms with Crippen LogP contribution in [-0.4, -0.2) is 40.6 Å². The third-order valence-corrected chi connectivity index (χ3v) is 3.21. The van der Waals surface area contributed by atoms with E-state index >= 15 is 0 Å². The van der Waals surface area contributed by atoms with Gasteiger partial charge < -0.3 is 9.84 Å². The molecular formula is C7H14INO2. The molecule has 66 valence electrons. The van der Waals surface area contributed by atoms with Crippen molar-refractivity contribution in [3.05, 3.63) is 0 Å². The van der Waals surface area contributed by atoms with E-state index in [1.165, 1.54) is 6.42 Å². The second-order valence-corrected chi connectivity index (χ2v) is 4.09. The van der Waals surface area contributed by atoms with Crippen molar-refractivity contribution in [2.45, 2.75) is 25.0 Å². The van der Waals surface area contributed by atoms with Crippen molar-refractivity contribution in [1.82, 2.24) is 3.11 Å². The number of ether oxygens (including phenoxy) is 1. The average Bonchev–Trinajstić information content (AvgIpc) is 2.36. The van der Waals surface area contributed by atoms with Gasteiger partial charge in [-0.1, -0.05) is 0 Å². The van der Waals surface area contributed by atoms with E-state index in [2.05, 4.69) is 26.0 Å². The van der Waals surface area contributed by atoms with Crippen LogP contribution in [-0.2, 0) is 4.74 Å². The zero-order chi connectivity index (χ0) is 8.27. The van der Waals surface area contributed by atoms with Crippen molar-refractivity contribution < 1.29 is 9.84 Å². The van der Waals surface area contributed by atoms with Crippen LogP contribution in [0.25, 0.3) is 0 Å². The summed E-state index contributed by atoms with van der Waals surface area (Å²) in [4.78, 5) is 0. The van der Waals surface area contributed by atoms with Crippen LogP contribution in [0.1, 0.15) is 12.8 Å². The molecule has 0 amide bonds. The van der Waals surface area contributed by atoms with Gasteiger partial charge in [0.05, 0.1) is 12.7 Å². The Morgan fingerprint density at radius 1 is 1.82 bits per heavy atom. The lowest BCUT2D eigenvalue weighted by molar-refractivity contribution is 0.0326. The first-order chi connectivity index (χ1) is 5.25. The maximum absolute atomic E-state index is 9.55. The number of methoxy groups -OCH3 is 1. The summed E-state index contributed by atoms with van der Waals surface area (Å²) in [6, 6.07) is 0.301. The molecule has 2 atom stereocenters. The molecule has 1 saturated heterocycles. The monoisotopic (exact) mass is 271 g/mol. The molecule has 0 aromatic heterocycles. The Kier molecular flexibility index (Phi) is 4.05. The molecule has 3 nitrogen and oxygen atoms in total. The van der Waals surface area contributed by atoms with Crippen LogP contribution >= 0.6 is 22.9 Å². The van der Waals surface area contributed by atoms with Gasteiger partial charge in [0.2, 0.25) is 0 Å². The number of nitrogens with zero attached hydrogens (tertiary/aromatic N) is 1. The predicted octanol–water partition coefficient (Wildman–Crippen LogP) is 0.808. The molecule has 1 N–H and O–H groups in total. The molecule has 1 heterocycles. The molecule has 0 aliphatic carbocycles. The molecule has 0 aromatic carbocycles. The van der Waals surface area contributed by atoms with E-state index in [-0.39, 0.29) is 6.10 Å². The molecule has 0 radical (unpaired) electrons. The van der Waals surface area contributed by atoms with Gasteiger partial charge in [-0.25, -0.2) is 3.11 Å². The second-order valence-electron chi connectivity index (χ2n) is 2.86. The van der Waals surface area contributed by atoms with E-state index < -0.39 is 0 Å². The lowest BCUT2D eigenvalue weighted by atomic mass is 10.1. The summed E-state index contributed by atoms with van der Waals surface area (Å²) in [5, 5.41) is 9.55. The molecule has 1 aliphatic heterocycles. The normalized spacial score (nSPS) is 29.2. The summed E-state index contributed by atoms with van der Waals surface area (Å²) in [5.74, 6) is 0. The first kappa shape index (κ1) is 9.70. The van der Waals surface area contributed by atoms with Crippen LogP contribution < -0.4 is 0 Å². The minimum Gasteiger partial charge on any atom is -0.389 e. The summed E-state index contributed by atoms with van der Waals surface area (Å²) in [5.41, 5.74) is 0. The van der Waals surface area contributed by atoms with E-state index in [0.29, 0.717) is 12.6 Å². The molecule has 11 heavy (non-hydrogen) atoms. The summed E-state index contributed by atoms with van der Waals surface area (Å²) in [6.45, 7) is 1.54. The Hall–Kier alpha value is 0.610. The molecule has 1 rings (SSSR count). The number of aliphatic hydroxyl groups is 1. The Balaban J connectivity index is 2.33. The Bertz CT molecular complexity index is 123. The Morgan fingerprint density at radius 2 is 2.55 bits per heavy atom. The molecule has 1 aliphatic rings. The van der Waals surface area contributed by atoms with Crippen LogP contribution in [0.15, 0.2) is 0 Å². The fourth-order valence-corrected chi connectivity index (χ4v) is 2.41. The van der Waals surface area contributed by atoms with Crippen LogP contribution in [0.3, 0.4) is 0 Å². The average molecular weight is 271 g/mol. The van der Waals surface area contributed by atoms with Gasteiger partial charge in [-0.15, -0.1) is 0 Å². The Morgan fingerprint density at radius 3 is 3.00 bits per heavy atom. The van der Waals surface area contributed by atoms with Gasteiger partial charge in [-0.05, 0) is 12.8 Å². The SMILES string of the molecule is COCC(O)C1CCCN1I. The molecule has 1 fully saturated rings. The minimum absolute atomic E-state index is 0.301. The quantitative estimate of drug-likeness (QED) is 0.609. The zero-order valence-electron chi connectivity index (χ0n) is 6.66. The van der Waals surface area contributed by atoms with E-state index in [1.807, 2.05) is 0 Å². The summed E-state index contributed by atoms with van der Waals surface area (Å²) in [7, 11) is 1.62. The first-order valence-corrected chi connectivity index (χ1v) is 4.81. The molecular weight excluding hydrogens is 257 g/mol. The summed E-state index contributed by atoms with van der Waals surface area (Å²) >= 11 is 2.27. The van der Waals surface area contributed by atoms with Crippen LogP contribution in [0.2, 0.25) is 0 Å². The van der Waals surface area contributed by atoms with Crippen LogP contribution in [0.4, 0.5) is 0 Å². The third kappa shape index (κ3) is 2.54. The van der Waals surface area contributed by atoms with Gasteiger partial charge >= 0.3 is 0 Å². The molecule has 0 bridgehead atoms. The van der Waals surface area contributed by atoms with Crippen molar-refractivity contribution in [3.8, 4) is 0 Å². The van der Waals surface area contributed by atoms with Gasteiger partial charge in [0.15, 0.2) is 0 Å². The van der Waals surface area contributed by atoms with Gasteiger partial charge in [0.25, 0.3) is 0 Å². The maximum Gasteiger partial charge on any atom is 0.0936 e. The van der Waals surface area contributed by atoms with E-state index in [9.17, 15) is 5.11 Å². The highest BCUT2D eigenvalue weighted by Gasteiger charge is 2.28. The fourth-order valence-electron chi connectivity index (χ4n) is 1.42. The highest BCUT2D eigenvalue weighted by atomic mass is 127. The topological polar surface area (TPSA) is 32.7 Å². The number of hydrogen-bond donors (Lipinski definition) is 1. The lowest BCUT2D eigenvalue weighted by Gasteiger charge is -2.22. The second kappa shape index (κ2) is 4.59. The van der Waals surface area contributed by atoms with E-state index in [0.717, 1.165) is 13.0 Å². The molecule has 4 heteroatoms. The Labute approximate surface area is 81.2 Å². The first-order valence-electron chi connectivity index (χ1n) is 3.85. The summed E-state index contributed by atoms with van der Waals surface area (Å²) < 4.78 is 7.05. The number of halogens is 1. The molecule has 2 unspecified atom stereocenters. The highest BCUT2D eigenvalue weighted by Crippen LogP contribution is 2.23. The number of aliphatic hydroxyl groups excluding tert-OH is 1. The van der Waals surface area contributed by atoms with Crippen LogP contribution in [0.5, 0.6) is 0 Å². The van der Waals surface area contributed by atoms with Gasteiger partial charge in [0.1, 0.15) is 0 Å². The number of hydrogen-bond acceptors (Lipinski definition) is 3. The fraction of sp³-hybridized carbons (Fsp3) is 1.00. The molecule has 0 aromatic rings. The highest BCUT2D eigenvalue weighted by molar-refractivity contribution is 14.1. The summed E-state index contributed by atoms with van der Waals surface area (Å²) in [6.07, 6.45) is 1.96. The smallest absolute Gasteiger partial charge is 0.0936 e. The van der Waals surface area contributed by atoms with Crippen molar-refractivity contribution in [2.75, 3.05) is 20.3 Å². The predicted molar refractivity (Wildman–Crippen MR) is 51.6 cm³/mol. The van der Waals surface area contributed by atoms with Crippen molar-refractivity contribution in [3.63, 3.8) is 0 Å².